The Bertz CT molecular complexity index is 495. The fourth-order valence-electron chi connectivity index (χ4n) is 3.91. The molecule has 122 valence electrons. The zero-order valence-electron chi connectivity index (χ0n) is 13.1. The molecule has 0 N–H and O–H groups in total. The van der Waals surface area contributed by atoms with Crippen molar-refractivity contribution in [3.8, 4) is 0 Å². The predicted octanol–water partition coefficient (Wildman–Crippen LogP) is 1.98. The van der Waals surface area contributed by atoms with E-state index in [0.717, 1.165) is 51.2 Å². The van der Waals surface area contributed by atoms with Gasteiger partial charge in [-0.25, -0.2) is 4.98 Å². The Kier molecular flexibility index (Phi) is 4.35. The number of hydrogen-bond donors (Lipinski definition) is 0. The standard InChI is InChI=1S/C16H25N3O2S/c1-2-16(3-7-21-13-16)12-18(4-1)11-14-10-17-15(22-14)19-5-8-20-9-6-19/h10H,1-9,11-13H2. The maximum Gasteiger partial charge on any atom is 0.185 e. The Hall–Kier alpha value is -0.690. The van der Waals surface area contributed by atoms with Crippen LogP contribution in [0.4, 0.5) is 5.13 Å². The van der Waals surface area contributed by atoms with Crippen LogP contribution in [0.3, 0.4) is 0 Å². The van der Waals surface area contributed by atoms with Gasteiger partial charge >= 0.3 is 0 Å². The van der Waals surface area contributed by atoms with Gasteiger partial charge in [0.15, 0.2) is 5.13 Å². The lowest BCUT2D eigenvalue weighted by Gasteiger charge is -2.39. The average molecular weight is 323 g/mol. The first kappa shape index (κ1) is 14.9. The number of nitrogens with zero attached hydrogens (tertiary/aromatic N) is 3. The van der Waals surface area contributed by atoms with Crippen LogP contribution in [0.25, 0.3) is 0 Å². The van der Waals surface area contributed by atoms with Gasteiger partial charge in [-0.05, 0) is 25.8 Å². The molecule has 3 aliphatic rings. The molecule has 5 nitrogen and oxygen atoms in total. The van der Waals surface area contributed by atoms with Crippen LogP contribution in [-0.4, -0.2) is 62.5 Å². The topological polar surface area (TPSA) is 37.8 Å². The minimum absolute atomic E-state index is 0.440. The number of anilines is 1. The van der Waals surface area contributed by atoms with Crippen LogP contribution in [0.2, 0.25) is 0 Å². The molecule has 4 rings (SSSR count). The van der Waals surface area contributed by atoms with Crippen molar-refractivity contribution >= 4 is 16.5 Å². The second-order valence-electron chi connectivity index (χ2n) is 6.83. The Balaban J connectivity index is 1.37. The summed E-state index contributed by atoms with van der Waals surface area (Å²) in [6, 6.07) is 0. The smallest absolute Gasteiger partial charge is 0.185 e. The SMILES string of the molecule is c1nc(N2CCOCC2)sc1CN1CCCC2(CCOC2)C1. The molecule has 1 aromatic rings. The highest BCUT2D eigenvalue weighted by molar-refractivity contribution is 7.15. The lowest BCUT2D eigenvalue weighted by Crippen LogP contribution is -2.43. The van der Waals surface area contributed by atoms with E-state index >= 15 is 0 Å². The van der Waals surface area contributed by atoms with E-state index < -0.39 is 0 Å². The Morgan fingerprint density at radius 2 is 2.05 bits per heavy atom. The Morgan fingerprint density at radius 3 is 2.86 bits per heavy atom. The van der Waals surface area contributed by atoms with E-state index in [1.54, 1.807) is 0 Å². The van der Waals surface area contributed by atoms with E-state index in [1.807, 2.05) is 11.3 Å². The molecule has 1 atom stereocenters. The number of aromatic nitrogens is 1. The van der Waals surface area contributed by atoms with E-state index in [2.05, 4.69) is 21.0 Å². The molecule has 1 spiro atoms. The summed E-state index contributed by atoms with van der Waals surface area (Å²) in [5.74, 6) is 0. The van der Waals surface area contributed by atoms with Crippen LogP contribution in [0, 0.1) is 5.41 Å². The quantitative estimate of drug-likeness (QED) is 0.850. The van der Waals surface area contributed by atoms with E-state index in [0.29, 0.717) is 5.41 Å². The van der Waals surface area contributed by atoms with Gasteiger partial charge in [0.25, 0.3) is 0 Å². The van der Waals surface area contributed by atoms with Crippen molar-refractivity contribution in [1.82, 2.24) is 9.88 Å². The molecule has 3 fully saturated rings. The minimum Gasteiger partial charge on any atom is -0.381 e. The van der Waals surface area contributed by atoms with Crippen LogP contribution in [0.15, 0.2) is 6.20 Å². The van der Waals surface area contributed by atoms with Gasteiger partial charge < -0.3 is 14.4 Å². The molecule has 4 heterocycles. The lowest BCUT2D eigenvalue weighted by atomic mass is 9.79. The zero-order valence-corrected chi connectivity index (χ0v) is 13.9. The number of hydrogen-bond acceptors (Lipinski definition) is 6. The largest absolute Gasteiger partial charge is 0.381 e. The Morgan fingerprint density at radius 1 is 1.14 bits per heavy atom. The maximum absolute atomic E-state index is 5.66. The maximum atomic E-state index is 5.66. The summed E-state index contributed by atoms with van der Waals surface area (Å²) in [6.07, 6.45) is 5.96. The minimum atomic E-state index is 0.440. The van der Waals surface area contributed by atoms with Crippen molar-refractivity contribution in [2.45, 2.75) is 25.8 Å². The molecule has 0 aromatic carbocycles. The molecule has 0 aliphatic carbocycles. The monoisotopic (exact) mass is 323 g/mol. The summed E-state index contributed by atoms with van der Waals surface area (Å²) in [5, 5.41) is 1.16. The molecule has 0 saturated carbocycles. The molecule has 0 bridgehead atoms. The number of rotatable bonds is 3. The molecule has 1 aromatic heterocycles. The van der Waals surface area contributed by atoms with Gasteiger partial charge in [0, 0.05) is 49.3 Å². The number of ether oxygens (including phenoxy) is 2. The highest BCUT2D eigenvalue weighted by atomic mass is 32.1. The number of likely N-dealkylation sites (tertiary alicyclic amines) is 1. The summed E-state index contributed by atoms with van der Waals surface area (Å²) in [6.45, 7) is 8.95. The normalized spacial score (nSPS) is 30.3. The molecular weight excluding hydrogens is 298 g/mol. The van der Waals surface area contributed by atoms with E-state index in [-0.39, 0.29) is 0 Å². The van der Waals surface area contributed by atoms with Crippen molar-refractivity contribution in [3.63, 3.8) is 0 Å². The molecule has 6 heteroatoms. The van der Waals surface area contributed by atoms with E-state index in [1.165, 1.54) is 37.2 Å². The van der Waals surface area contributed by atoms with E-state index in [9.17, 15) is 0 Å². The van der Waals surface area contributed by atoms with Gasteiger partial charge in [-0.2, -0.15) is 0 Å². The first-order valence-corrected chi connectivity index (χ1v) is 9.22. The van der Waals surface area contributed by atoms with Gasteiger partial charge in [0.2, 0.25) is 0 Å². The molecular formula is C16H25N3O2S. The fraction of sp³-hybridized carbons (Fsp3) is 0.812. The van der Waals surface area contributed by atoms with Gasteiger partial charge in [-0.1, -0.05) is 0 Å². The second kappa shape index (κ2) is 6.43. The molecule has 1 unspecified atom stereocenters. The fourth-order valence-corrected chi connectivity index (χ4v) is 4.91. The molecule has 3 aliphatic heterocycles. The predicted molar refractivity (Wildman–Crippen MR) is 87.5 cm³/mol. The van der Waals surface area contributed by atoms with Crippen molar-refractivity contribution < 1.29 is 9.47 Å². The summed E-state index contributed by atoms with van der Waals surface area (Å²) in [5.41, 5.74) is 0.440. The molecule has 3 saturated heterocycles. The van der Waals surface area contributed by atoms with Crippen molar-refractivity contribution in [2.24, 2.45) is 5.41 Å². The number of piperidine rings is 1. The van der Waals surface area contributed by atoms with Gasteiger partial charge in [0.05, 0.1) is 19.8 Å². The summed E-state index contributed by atoms with van der Waals surface area (Å²) in [7, 11) is 0. The highest BCUT2D eigenvalue weighted by Crippen LogP contribution is 2.38. The van der Waals surface area contributed by atoms with Gasteiger partial charge in [-0.15, -0.1) is 11.3 Å². The molecule has 22 heavy (non-hydrogen) atoms. The summed E-state index contributed by atoms with van der Waals surface area (Å²) in [4.78, 5) is 11.0. The first-order valence-electron chi connectivity index (χ1n) is 8.41. The van der Waals surface area contributed by atoms with Crippen molar-refractivity contribution in [3.05, 3.63) is 11.1 Å². The van der Waals surface area contributed by atoms with Crippen molar-refractivity contribution in [2.75, 3.05) is 57.5 Å². The number of thiazole rings is 1. The summed E-state index contributed by atoms with van der Waals surface area (Å²) >= 11 is 1.85. The lowest BCUT2D eigenvalue weighted by molar-refractivity contribution is 0.0650. The van der Waals surface area contributed by atoms with Crippen LogP contribution in [-0.2, 0) is 16.0 Å². The first-order chi connectivity index (χ1) is 10.8. The van der Waals surface area contributed by atoms with Crippen LogP contribution in [0.5, 0.6) is 0 Å². The summed E-state index contributed by atoms with van der Waals surface area (Å²) < 4.78 is 11.1. The van der Waals surface area contributed by atoms with Crippen LogP contribution >= 0.6 is 11.3 Å². The third-order valence-corrected chi connectivity index (χ3v) is 6.17. The van der Waals surface area contributed by atoms with E-state index in [4.69, 9.17) is 9.47 Å². The third-order valence-electron chi connectivity index (χ3n) is 5.13. The van der Waals surface area contributed by atoms with Crippen LogP contribution in [0.1, 0.15) is 24.1 Å². The molecule has 0 radical (unpaired) electrons. The third kappa shape index (κ3) is 3.15. The zero-order chi connectivity index (χ0) is 14.8. The second-order valence-corrected chi connectivity index (χ2v) is 7.92. The Labute approximate surface area is 136 Å². The van der Waals surface area contributed by atoms with Gasteiger partial charge in [-0.3, -0.25) is 4.90 Å². The van der Waals surface area contributed by atoms with Crippen molar-refractivity contribution in [1.29, 1.82) is 0 Å². The average Bonchev–Trinajstić information content (AvgIpc) is 3.19. The number of morpholine rings is 1. The molecule has 0 amide bonds. The highest BCUT2D eigenvalue weighted by Gasteiger charge is 2.38. The van der Waals surface area contributed by atoms with Crippen LogP contribution < -0.4 is 4.90 Å². The van der Waals surface area contributed by atoms with Gasteiger partial charge in [0.1, 0.15) is 0 Å².